The standard InChI is InChI=1S/C12H7N5O3S/c18-11(9-10(12(19)20)14-4-3-13-9)15-6-1-2-7-8(5-6)17-21-16-7/h1-5H,(H,15,18)(H,19,20). The summed E-state index contributed by atoms with van der Waals surface area (Å²) in [5.41, 5.74) is 1.20. The van der Waals surface area contributed by atoms with Crippen LogP contribution in [0.5, 0.6) is 0 Å². The molecule has 8 nitrogen and oxygen atoms in total. The third-order valence-electron chi connectivity index (χ3n) is 2.63. The Morgan fingerprint density at radius 3 is 2.52 bits per heavy atom. The SMILES string of the molecule is O=C(O)c1nccnc1C(=O)Nc1ccc2nsnc2c1. The second kappa shape index (κ2) is 5.21. The summed E-state index contributed by atoms with van der Waals surface area (Å²) in [5.74, 6) is -1.96. The third kappa shape index (κ3) is 2.54. The first-order valence-corrected chi connectivity index (χ1v) is 6.46. The van der Waals surface area contributed by atoms with Crippen LogP contribution >= 0.6 is 11.7 Å². The molecular weight excluding hydrogens is 294 g/mol. The summed E-state index contributed by atoms with van der Waals surface area (Å²) >= 11 is 1.07. The van der Waals surface area contributed by atoms with Gasteiger partial charge in [-0.3, -0.25) is 4.79 Å². The maximum absolute atomic E-state index is 12.1. The molecule has 0 radical (unpaired) electrons. The van der Waals surface area contributed by atoms with Crippen molar-refractivity contribution in [3.05, 3.63) is 42.0 Å². The van der Waals surface area contributed by atoms with Crippen molar-refractivity contribution in [1.82, 2.24) is 18.7 Å². The zero-order valence-corrected chi connectivity index (χ0v) is 11.2. The molecule has 0 fully saturated rings. The predicted octanol–water partition coefficient (Wildman–Crippen LogP) is 1.43. The fourth-order valence-corrected chi connectivity index (χ4v) is 2.23. The van der Waals surface area contributed by atoms with Crippen molar-refractivity contribution in [3.63, 3.8) is 0 Å². The Balaban J connectivity index is 1.91. The highest BCUT2D eigenvalue weighted by atomic mass is 32.1. The molecule has 0 saturated carbocycles. The topological polar surface area (TPSA) is 118 Å². The molecule has 0 spiro atoms. The Morgan fingerprint density at radius 1 is 1.05 bits per heavy atom. The minimum absolute atomic E-state index is 0.249. The number of amides is 1. The van der Waals surface area contributed by atoms with E-state index in [-0.39, 0.29) is 5.69 Å². The highest BCUT2D eigenvalue weighted by Gasteiger charge is 2.19. The molecule has 2 heterocycles. The van der Waals surface area contributed by atoms with Crippen molar-refractivity contribution in [2.45, 2.75) is 0 Å². The average Bonchev–Trinajstić information content (AvgIpc) is 2.94. The van der Waals surface area contributed by atoms with Crippen LogP contribution in [0.3, 0.4) is 0 Å². The maximum atomic E-state index is 12.1. The number of anilines is 1. The summed E-state index contributed by atoms with van der Waals surface area (Å²) < 4.78 is 8.11. The number of hydrogen-bond acceptors (Lipinski definition) is 7. The Hall–Kier alpha value is -2.94. The van der Waals surface area contributed by atoms with Crippen LogP contribution in [0, 0.1) is 0 Å². The summed E-state index contributed by atoms with van der Waals surface area (Å²) in [5, 5.41) is 11.6. The van der Waals surface area contributed by atoms with Crippen LogP contribution in [0.2, 0.25) is 0 Å². The Labute approximate surface area is 121 Å². The number of fused-ring (bicyclic) bond motifs is 1. The normalized spacial score (nSPS) is 10.5. The van der Waals surface area contributed by atoms with Crippen LogP contribution in [-0.2, 0) is 0 Å². The molecule has 104 valence electrons. The summed E-state index contributed by atoms with van der Waals surface area (Å²) in [4.78, 5) is 30.5. The highest BCUT2D eigenvalue weighted by molar-refractivity contribution is 7.00. The zero-order valence-electron chi connectivity index (χ0n) is 10.3. The summed E-state index contributed by atoms with van der Waals surface area (Å²) in [6, 6.07) is 5.01. The lowest BCUT2D eigenvalue weighted by molar-refractivity contribution is 0.0685. The van der Waals surface area contributed by atoms with Crippen molar-refractivity contribution >= 4 is 40.3 Å². The number of aromatic carboxylic acids is 1. The van der Waals surface area contributed by atoms with Gasteiger partial charge >= 0.3 is 5.97 Å². The first-order chi connectivity index (χ1) is 10.1. The largest absolute Gasteiger partial charge is 0.476 e. The number of carboxylic acids is 1. The summed E-state index contributed by atoms with van der Waals surface area (Å²) in [7, 11) is 0. The van der Waals surface area contributed by atoms with Gasteiger partial charge in [-0.1, -0.05) is 0 Å². The molecule has 0 aliphatic carbocycles. The Kier molecular flexibility index (Phi) is 3.24. The number of aromatic nitrogens is 4. The molecule has 2 N–H and O–H groups in total. The molecular formula is C12H7N5O3S. The number of carboxylic acid groups (broad SMARTS) is 1. The number of nitrogens with zero attached hydrogens (tertiary/aromatic N) is 4. The number of nitrogens with one attached hydrogen (secondary N) is 1. The molecule has 21 heavy (non-hydrogen) atoms. The van der Waals surface area contributed by atoms with Crippen LogP contribution in [0.1, 0.15) is 21.0 Å². The first-order valence-electron chi connectivity index (χ1n) is 5.73. The third-order valence-corrected chi connectivity index (χ3v) is 3.18. The van der Waals surface area contributed by atoms with E-state index in [0.29, 0.717) is 11.2 Å². The summed E-state index contributed by atoms with van der Waals surface area (Å²) in [6.07, 6.45) is 2.47. The fourth-order valence-electron chi connectivity index (χ4n) is 1.71. The van der Waals surface area contributed by atoms with Gasteiger partial charge in [-0.2, -0.15) is 8.75 Å². The molecule has 0 aliphatic heterocycles. The molecule has 0 aliphatic rings. The van der Waals surface area contributed by atoms with Crippen molar-refractivity contribution < 1.29 is 14.7 Å². The minimum atomic E-state index is -1.31. The van der Waals surface area contributed by atoms with Crippen LogP contribution in [0.4, 0.5) is 5.69 Å². The van der Waals surface area contributed by atoms with Gasteiger partial charge in [-0.25, -0.2) is 14.8 Å². The van der Waals surface area contributed by atoms with Crippen molar-refractivity contribution in [2.24, 2.45) is 0 Å². The lowest BCUT2D eigenvalue weighted by Crippen LogP contribution is -2.19. The van der Waals surface area contributed by atoms with Gasteiger partial charge in [0, 0.05) is 18.1 Å². The van der Waals surface area contributed by atoms with E-state index in [2.05, 4.69) is 24.0 Å². The van der Waals surface area contributed by atoms with E-state index in [9.17, 15) is 9.59 Å². The molecule has 1 amide bonds. The number of carbonyl (C=O) groups excluding carboxylic acids is 1. The quantitative estimate of drug-likeness (QED) is 0.751. The zero-order chi connectivity index (χ0) is 14.8. The molecule has 2 aromatic heterocycles. The van der Waals surface area contributed by atoms with E-state index in [1.54, 1.807) is 18.2 Å². The van der Waals surface area contributed by atoms with E-state index in [1.807, 2.05) is 0 Å². The van der Waals surface area contributed by atoms with Crippen molar-refractivity contribution in [3.8, 4) is 0 Å². The van der Waals surface area contributed by atoms with Crippen molar-refractivity contribution in [1.29, 1.82) is 0 Å². The lowest BCUT2D eigenvalue weighted by Gasteiger charge is -2.05. The van der Waals surface area contributed by atoms with E-state index >= 15 is 0 Å². The highest BCUT2D eigenvalue weighted by Crippen LogP contribution is 2.17. The Morgan fingerprint density at radius 2 is 1.76 bits per heavy atom. The number of rotatable bonds is 3. The molecule has 9 heteroatoms. The van der Waals surface area contributed by atoms with Gasteiger partial charge in [0.05, 0.1) is 11.7 Å². The van der Waals surface area contributed by atoms with Gasteiger partial charge in [-0.05, 0) is 18.2 Å². The van der Waals surface area contributed by atoms with E-state index in [4.69, 9.17) is 5.11 Å². The molecule has 0 unspecified atom stereocenters. The van der Waals surface area contributed by atoms with E-state index < -0.39 is 17.6 Å². The van der Waals surface area contributed by atoms with Crippen molar-refractivity contribution in [2.75, 3.05) is 5.32 Å². The second-order valence-corrected chi connectivity index (χ2v) is 4.51. The van der Waals surface area contributed by atoms with Gasteiger partial charge in [0.15, 0.2) is 11.4 Å². The maximum Gasteiger partial charge on any atom is 0.356 e. The van der Waals surface area contributed by atoms with Gasteiger partial charge < -0.3 is 10.4 Å². The van der Waals surface area contributed by atoms with Gasteiger partial charge in [-0.15, -0.1) is 0 Å². The molecule has 0 atom stereocenters. The summed E-state index contributed by atoms with van der Waals surface area (Å²) in [6.45, 7) is 0. The van der Waals surface area contributed by atoms with E-state index in [1.165, 1.54) is 12.4 Å². The second-order valence-electron chi connectivity index (χ2n) is 3.98. The lowest BCUT2D eigenvalue weighted by atomic mass is 10.2. The van der Waals surface area contributed by atoms with Crippen LogP contribution < -0.4 is 5.32 Å². The minimum Gasteiger partial charge on any atom is -0.476 e. The molecule has 3 aromatic rings. The molecule has 1 aromatic carbocycles. The van der Waals surface area contributed by atoms with Crippen LogP contribution in [-0.4, -0.2) is 35.7 Å². The van der Waals surface area contributed by atoms with Gasteiger partial charge in [0.25, 0.3) is 5.91 Å². The van der Waals surface area contributed by atoms with Gasteiger partial charge in [0.2, 0.25) is 0 Å². The fraction of sp³-hybridized carbons (Fsp3) is 0. The number of carbonyl (C=O) groups is 2. The van der Waals surface area contributed by atoms with Crippen LogP contribution in [0.15, 0.2) is 30.6 Å². The molecule has 0 saturated heterocycles. The van der Waals surface area contributed by atoms with Gasteiger partial charge in [0.1, 0.15) is 11.0 Å². The molecule has 3 rings (SSSR count). The number of benzene rings is 1. The molecule has 0 bridgehead atoms. The average molecular weight is 301 g/mol. The van der Waals surface area contributed by atoms with E-state index in [0.717, 1.165) is 17.2 Å². The monoisotopic (exact) mass is 301 g/mol. The number of hydrogen-bond donors (Lipinski definition) is 2. The predicted molar refractivity (Wildman–Crippen MR) is 74.4 cm³/mol. The Bertz CT molecular complexity index is 848. The first kappa shape index (κ1) is 13.1. The smallest absolute Gasteiger partial charge is 0.356 e. The van der Waals surface area contributed by atoms with Crippen LogP contribution in [0.25, 0.3) is 11.0 Å².